The summed E-state index contributed by atoms with van der Waals surface area (Å²) in [5, 5.41) is 8.86. The maximum absolute atomic E-state index is 10.8. The van der Waals surface area contributed by atoms with E-state index in [0.29, 0.717) is 6.61 Å². The zero-order valence-corrected chi connectivity index (χ0v) is 12.0. The topological polar surface area (TPSA) is 72.6 Å². The summed E-state index contributed by atoms with van der Waals surface area (Å²) in [5.41, 5.74) is 8.52. The Labute approximate surface area is 124 Å². The first-order valence-corrected chi connectivity index (χ1v) is 6.81. The molecule has 0 aromatic heterocycles. The smallest absolute Gasteiger partial charge is 0.320 e. The van der Waals surface area contributed by atoms with Crippen molar-refractivity contribution in [2.24, 2.45) is 5.73 Å². The van der Waals surface area contributed by atoms with E-state index in [9.17, 15) is 4.79 Å². The summed E-state index contributed by atoms with van der Waals surface area (Å²) < 4.78 is 5.82. The Morgan fingerprint density at radius 3 is 2.57 bits per heavy atom. The molecule has 0 aliphatic rings. The van der Waals surface area contributed by atoms with Crippen molar-refractivity contribution >= 4 is 5.97 Å². The van der Waals surface area contributed by atoms with Crippen molar-refractivity contribution in [3.8, 4) is 5.75 Å². The summed E-state index contributed by atoms with van der Waals surface area (Å²) in [7, 11) is 0. The van der Waals surface area contributed by atoms with Crippen LogP contribution >= 0.6 is 0 Å². The molecule has 0 aliphatic heterocycles. The van der Waals surface area contributed by atoms with Gasteiger partial charge in [0.15, 0.2) is 0 Å². The van der Waals surface area contributed by atoms with Gasteiger partial charge in [-0.1, -0.05) is 42.5 Å². The monoisotopic (exact) mass is 285 g/mol. The third-order valence-corrected chi connectivity index (χ3v) is 3.26. The van der Waals surface area contributed by atoms with Crippen molar-refractivity contribution in [3.05, 3.63) is 65.2 Å². The fourth-order valence-electron chi connectivity index (χ4n) is 2.00. The molecule has 4 nitrogen and oxygen atoms in total. The molecule has 0 amide bonds. The molecule has 0 saturated heterocycles. The van der Waals surface area contributed by atoms with E-state index in [1.807, 2.05) is 55.5 Å². The molecule has 1 unspecified atom stereocenters. The van der Waals surface area contributed by atoms with Crippen molar-refractivity contribution in [2.45, 2.75) is 26.0 Å². The quantitative estimate of drug-likeness (QED) is 0.855. The van der Waals surface area contributed by atoms with E-state index < -0.39 is 12.0 Å². The van der Waals surface area contributed by atoms with Crippen LogP contribution in [0.15, 0.2) is 48.5 Å². The first-order chi connectivity index (χ1) is 10.1. The highest BCUT2D eigenvalue weighted by Gasteiger charge is 2.13. The SMILES string of the molecule is Cc1ccc(CC(N)C(=O)O)cc1OCc1ccccc1. The second kappa shape index (κ2) is 6.90. The number of carboxylic acid groups (broad SMARTS) is 1. The third kappa shape index (κ3) is 4.33. The lowest BCUT2D eigenvalue weighted by molar-refractivity contribution is -0.138. The highest BCUT2D eigenvalue weighted by molar-refractivity contribution is 5.73. The highest BCUT2D eigenvalue weighted by atomic mass is 16.5. The van der Waals surface area contributed by atoms with Gasteiger partial charge in [0.1, 0.15) is 18.4 Å². The van der Waals surface area contributed by atoms with Crippen LogP contribution in [0.3, 0.4) is 0 Å². The van der Waals surface area contributed by atoms with Crippen molar-refractivity contribution in [1.82, 2.24) is 0 Å². The average molecular weight is 285 g/mol. The minimum absolute atomic E-state index is 0.289. The number of nitrogens with two attached hydrogens (primary N) is 1. The molecule has 2 rings (SSSR count). The molecule has 110 valence electrons. The molecular formula is C17H19NO3. The van der Waals surface area contributed by atoms with Crippen LogP contribution in [-0.2, 0) is 17.8 Å². The number of aryl methyl sites for hydroxylation is 1. The van der Waals surface area contributed by atoms with Gasteiger partial charge in [0.2, 0.25) is 0 Å². The summed E-state index contributed by atoms with van der Waals surface area (Å²) in [5.74, 6) is -0.240. The fraction of sp³-hybridized carbons (Fsp3) is 0.235. The van der Waals surface area contributed by atoms with E-state index in [-0.39, 0.29) is 6.42 Å². The fourth-order valence-corrected chi connectivity index (χ4v) is 2.00. The van der Waals surface area contributed by atoms with Gasteiger partial charge < -0.3 is 15.6 Å². The molecular weight excluding hydrogens is 266 g/mol. The number of carbonyl (C=O) groups is 1. The van der Waals surface area contributed by atoms with Crippen molar-refractivity contribution in [3.63, 3.8) is 0 Å². The van der Waals surface area contributed by atoms with E-state index >= 15 is 0 Å². The molecule has 0 fully saturated rings. The van der Waals surface area contributed by atoms with Crippen molar-refractivity contribution in [2.75, 3.05) is 0 Å². The van der Waals surface area contributed by atoms with E-state index in [1.54, 1.807) is 0 Å². The van der Waals surface area contributed by atoms with Gasteiger partial charge in [0, 0.05) is 0 Å². The van der Waals surface area contributed by atoms with Gasteiger partial charge in [-0.15, -0.1) is 0 Å². The first kappa shape index (κ1) is 15.1. The van der Waals surface area contributed by atoms with Gasteiger partial charge in [-0.2, -0.15) is 0 Å². The predicted octanol–water partition coefficient (Wildman–Crippen LogP) is 2.53. The van der Waals surface area contributed by atoms with E-state index in [2.05, 4.69) is 0 Å². The molecule has 0 saturated carbocycles. The maximum Gasteiger partial charge on any atom is 0.320 e. The third-order valence-electron chi connectivity index (χ3n) is 3.26. The van der Waals surface area contributed by atoms with Gasteiger partial charge in [0.25, 0.3) is 0 Å². The lowest BCUT2D eigenvalue weighted by atomic mass is 10.0. The van der Waals surface area contributed by atoms with Gasteiger partial charge in [-0.3, -0.25) is 4.79 Å². The zero-order chi connectivity index (χ0) is 15.2. The van der Waals surface area contributed by atoms with Crippen LogP contribution in [0.4, 0.5) is 0 Å². The Hall–Kier alpha value is -2.33. The largest absolute Gasteiger partial charge is 0.489 e. The zero-order valence-electron chi connectivity index (χ0n) is 12.0. The molecule has 0 aliphatic carbocycles. The Morgan fingerprint density at radius 2 is 1.90 bits per heavy atom. The number of rotatable bonds is 6. The van der Waals surface area contributed by atoms with Crippen LogP contribution in [0.2, 0.25) is 0 Å². The van der Waals surface area contributed by atoms with Crippen LogP contribution in [0.25, 0.3) is 0 Å². The number of hydrogen-bond acceptors (Lipinski definition) is 3. The normalized spacial score (nSPS) is 11.9. The van der Waals surface area contributed by atoms with E-state index in [0.717, 1.165) is 22.4 Å². The van der Waals surface area contributed by atoms with Crippen LogP contribution in [0, 0.1) is 6.92 Å². The number of carboxylic acids is 1. The van der Waals surface area contributed by atoms with Crippen LogP contribution in [0.1, 0.15) is 16.7 Å². The van der Waals surface area contributed by atoms with Gasteiger partial charge >= 0.3 is 5.97 Å². The second-order valence-electron chi connectivity index (χ2n) is 5.02. The van der Waals surface area contributed by atoms with Crippen LogP contribution < -0.4 is 10.5 Å². The molecule has 0 bridgehead atoms. The summed E-state index contributed by atoms with van der Waals surface area (Å²) >= 11 is 0. The van der Waals surface area contributed by atoms with Gasteiger partial charge in [0.05, 0.1) is 0 Å². The highest BCUT2D eigenvalue weighted by Crippen LogP contribution is 2.21. The molecule has 2 aromatic carbocycles. The summed E-state index contributed by atoms with van der Waals surface area (Å²) in [4.78, 5) is 10.8. The van der Waals surface area contributed by atoms with E-state index in [4.69, 9.17) is 15.6 Å². The maximum atomic E-state index is 10.8. The molecule has 4 heteroatoms. The predicted molar refractivity (Wildman–Crippen MR) is 81.3 cm³/mol. The number of hydrogen-bond donors (Lipinski definition) is 2. The number of aliphatic carboxylic acids is 1. The molecule has 21 heavy (non-hydrogen) atoms. The first-order valence-electron chi connectivity index (χ1n) is 6.81. The van der Waals surface area contributed by atoms with Gasteiger partial charge in [-0.25, -0.2) is 0 Å². The Balaban J connectivity index is 2.06. The summed E-state index contributed by atoms with van der Waals surface area (Å²) in [6, 6.07) is 14.7. The van der Waals surface area contributed by atoms with Crippen molar-refractivity contribution in [1.29, 1.82) is 0 Å². The minimum Gasteiger partial charge on any atom is -0.489 e. The Morgan fingerprint density at radius 1 is 1.19 bits per heavy atom. The molecule has 0 radical (unpaired) electrons. The average Bonchev–Trinajstić information content (AvgIpc) is 2.48. The lowest BCUT2D eigenvalue weighted by Gasteiger charge is -2.12. The molecule has 0 heterocycles. The standard InChI is InChI=1S/C17H19NO3/c1-12-7-8-14(9-15(18)17(19)20)10-16(12)21-11-13-5-3-2-4-6-13/h2-8,10,15H,9,11,18H2,1H3,(H,19,20). The molecule has 3 N–H and O–H groups in total. The summed E-state index contributed by atoms with van der Waals surface area (Å²) in [6.07, 6.45) is 0.289. The summed E-state index contributed by atoms with van der Waals surface area (Å²) in [6.45, 7) is 2.44. The second-order valence-corrected chi connectivity index (χ2v) is 5.02. The Kier molecular flexibility index (Phi) is 4.95. The van der Waals surface area contributed by atoms with Gasteiger partial charge in [-0.05, 0) is 36.1 Å². The van der Waals surface area contributed by atoms with Crippen molar-refractivity contribution < 1.29 is 14.6 Å². The molecule has 1 atom stereocenters. The molecule has 2 aromatic rings. The lowest BCUT2D eigenvalue weighted by Crippen LogP contribution is -2.32. The Bertz CT molecular complexity index is 611. The van der Waals surface area contributed by atoms with E-state index in [1.165, 1.54) is 0 Å². The number of benzene rings is 2. The molecule has 0 spiro atoms. The minimum atomic E-state index is -0.998. The number of ether oxygens (including phenoxy) is 1. The van der Waals surface area contributed by atoms with Crippen LogP contribution in [-0.4, -0.2) is 17.1 Å². The van der Waals surface area contributed by atoms with Crippen LogP contribution in [0.5, 0.6) is 5.75 Å².